The van der Waals surface area contributed by atoms with Gasteiger partial charge in [0.05, 0.1) is 65.7 Å². The summed E-state index contributed by atoms with van der Waals surface area (Å²) in [7, 11) is 0. The van der Waals surface area contributed by atoms with Crippen LogP contribution < -0.4 is 63.8 Å². The molecule has 2 atom stereocenters. The quantitative estimate of drug-likeness (QED) is 0.0308. The van der Waals surface area contributed by atoms with E-state index in [4.69, 9.17) is 14.2 Å². The van der Waals surface area contributed by atoms with Crippen molar-refractivity contribution in [1.29, 1.82) is 0 Å². The molecule has 4 saturated heterocycles. The van der Waals surface area contributed by atoms with Gasteiger partial charge in [0.25, 0.3) is 35.2 Å². The first-order valence-corrected chi connectivity index (χ1v) is 42.0. The Morgan fingerprint density at radius 3 is 0.992 bits per heavy atom. The van der Waals surface area contributed by atoms with E-state index < -0.39 is 57.5 Å². The number of carbonyl (C=O) groups excluding carboxylic acids is 9. The van der Waals surface area contributed by atoms with Crippen LogP contribution in [0, 0.1) is 30.7 Å². The van der Waals surface area contributed by atoms with E-state index in [1.165, 1.54) is 70.2 Å². The first kappa shape index (κ1) is 103. The minimum atomic E-state index is -1.71. The van der Waals surface area contributed by atoms with Gasteiger partial charge >= 0.3 is 37.1 Å². The number of benzene rings is 8. The van der Waals surface area contributed by atoms with Crippen LogP contribution in [-0.2, 0) is 70.8 Å². The van der Waals surface area contributed by atoms with Gasteiger partial charge in [0, 0.05) is 132 Å². The Kier molecular flexibility index (Phi) is 34.5. The summed E-state index contributed by atoms with van der Waals surface area (Å²) in [4.78, 5) is 129. The fourth-order valence-electron chi connectivity index (χ4n) is 15.8. The number of ketones is 2. The van der Waals surface area contributed by atoms with Crippen LogP contribution in [0.2, 0.25) is 0 Å². The Morgan fingerprint density at radius 2 is 0.648 bits per heavy atom. The SMILES string of the molecule is C.CC(C)(C)OC(=O)N1CCN(c2cccc3c2C(=O)C(=O)N3Cc2cccc(F)c2)CC1.CC(C)(C)OC(=O)N1CCN(c2cccc3c2C(C)(O)C(=O)N3Cc2cccc(F)c2)CC1.CC(C)(C)OC(=O)N1CCNCC1.CC1(O)C(=O)N(Cc2cccc(F)c2)c2cccc(N3CCNCC3)c21.Cl.O=C1C(=O)N(Cc2cccc(F)c2)c2cccc(Br)c21.[CH3-].[Li+]. The van der Waals surface area contributed by atoms with E-state index >= 15 is 0 Å². The van der Waals surface area contributed by atoms with Gasteiger partial charge in [0.2, 0.25) is 0 Å². The predicted octanol–water partition coefficient (Wildman–Crippen LogP) is 11.9. The van der Waals surface area contributed by atoms with Crippen LogP contribution >= 0.6 is 28.3 Å². The second-order valence-electron chi connectivity index (χ2n) is 34.4. The third-order valence-electron chi connectivity index (χ3n) is 21.5. The van der Waals surface area contributed by atoms with Gasteiger partial charge in [-0.3, -0.25) is 28.8 Å². The number of carbonyl (C=O) groups is 9. The van der Waals surface area contributed by atoms with Crippen LogP contribution in [0.5, 0.6) is 0 Å². The Hall–Kier alpha value is -10.9. The molecule has 33 heteroatoms. The number of hydrogen-bond acceptors (Lipinski definition) is 19. The number of ether oxygens (including phenoxy) is 3. The van der Waals surface area contributed by atoms with Crippen molar-refractivity contribution in [3.8, 4) is 0 Å². The molecular formula is C95H113BrClF4LiN12O14. The number of aliphatic hydroxyl groups is 2. The maximum absolute atomic E-state index is 13.7. The van der Waals surface area contributed by atoms with E-state index in [2.05, 4.69) is 36.4 Å². The molecule has 7 amide bonds. The normalized spacial score (nSPS) is 18.1. The molecule has 16 rings (SSSR count). The molecule has 0 bridgehead atoms. The molecule has 680 valence electrons. The number of nitrogens with zero attached hydrogens (tertiary/aromatic N) is 10. The molecule has 0 aromatic heterocycles. The average molecular weight is 1850 g/mol. The summed E-state index contributed by atoms with van der Waals surface area (Å²) in [6, 6.07) is 46.1. The van der Waals surface area contributed by atoms with Gasteiger partial charge in [-0.15, -0.1) is 12.4 Å². The average Bonchev–Trinajstić information content (AvgIpc) is 1.58. The Balaban J connectivity index is 0.000000202. The summed E-state index contributed by atoms with van der Waals surface area (Å²) in [5.41, 5.74) is 4.39. The Labute approximate surface area is 772 Å². The molecular weight excluding hydrogens is 1730 g/mol. The monoisotopic (exact) mass is 1840 g/mol. The molecule has 8 aromatic carbocycles. The maximum Gasteiger partial charge on any atom is 1.00 e. The summed E-state index contributed by atoms with van der Waals surface area (Å²) in [5.74, 6) is -4.60. The van der Waals surface area contributed by atoms with Gasteiger partial charge in [-0.05, 0) is 211 Å². The molecule has 0 radical (unpaired) electrons. The Bertz CT molecular complexity index is 5350. The summed E-state index contributed by atoms with van der Waals surface area (Å²) < 4.78 is 70.7. The smallest absolute Gasteiger partial charge is 0.444 e. The molecule has 26 nitrogen and oxygen atoms in total. The minimum absolute atomic E-state index is 0. The van der Waals surface area contributed by atoms with Gasteiger partial charge < -0.3 is 91.5 Å². The molecule has 8 aliphatic heterocycles. The number of hydrogen-bond donors (Lipinski definition) is 4. The molecule has 8 aliphatic rings. The fourth-order valence-corrected chi connectivity index (χ4v) is 16.3. The van der Waals surface area contributed by atoms with Gasteiger partial charge in [0.1, 0.15) is 40.1 Å². The molecule has 128 heavy (non-hydrogen) atoms. The van der Waals surface area contributed by atoms with E-state index in [9.17, 15) is 70.9 Å². The number of rotatable bonds is 11. The number of piperazine rings is 4. The number of anilines is 7. The topological polar surface area (TPSA) is 278 Å². The van der Waals surface area contributed by atoms with Crippen molar-refractivity contribution in [3.63, 3.8) is 0 Å². The summed E-state index contributed by atoms with van der Waals surface area (Å²) in [5, 5.41) is 28.7. The van der Waals surface area contributed by atoms with Crippen LogP contribution in [0.1, 0.15) is 138 Å². The Morgan fingerprint density at radius 1 is 0.383 bits per heavy atom. The van der Waals surface area contributed by atoms with Gasteiger partial charge in [0.15, 0.2) is 11.2 Å². The zero-order chi connectivity index (χ0) is 89.5. The van der Waals surface area contributed by atoms with Crippen LogP contribution in [-0.4, -0.2) is 200 Å². The van der Waals surface area contributed by atoms with E-state index in [0.717, 1.165) is 63.7 Å². The summed E-state index contributed by atoms with van der Waals surface area (Å²) in [6.07, 6.45) is -0.902. The van der Waals surface area contributed by atoms with Gasteiger partial charge in [-0.25, -0.2) is 31.9 Å². The van der Waals surface area contributed by atoms with Crippen molar-refractivity contribution in [2.75, 3.05) is 139 Å². The molecule has 2 unspecified atom stereocenters. The van der Waals surface area contributed by atoms with Crippen LogP contribution in [0.25, 0.3) is 0 Å². The summed E-state index contributed by atoms with van der Waals surface area (Å²) >= 11 is 3.28. The second kappa shape index (κ2) is 43.0. The number of fused-ring (bicyclic) bond motifs is 4. The minimum Gasteiger partial charge on any atom is -0.444 e. The molecule has 0 aliphatic carbocycles. The van der Waals surface area contributed by atoms with Crippen LogP contribution in [0.3, 0.4) is 0 Å². The van der Waals surface area contributed by atoms with Crippen molar-refractivity contribution in [2.45, 2.75) is 138 Å². The third kappa shape index (κ3) is 24.4. The molecule has 4 fully saturated rings. The number of halogens is 6. The van der Waals surface area contributed by atoms with Crippen molar-refractivity contribution < 1.29 is 104 Å². The standard InChI is InChI=1S/C25H30FN3O4.C24H26FN3O4.C20H22FN3O2.C15H9BrFNO2.C9H18N2O2.CH4.CH3.ClH.Li/c1-24(2,3)33-23(31)28-13-11-27(12-14-28)19-9-6-10-20-21(19)25(4,32)22(30)29(20)16-17-7-5-8-18(26)15-17;1-24(2,3)32-23(31)27-12-10-26(11-13-27)18-8-5-9-19-20(18)21(29)22(30)28(19)15-16-6-4-7-17(25)14-16;1-20(26)18-16(23-10-8-22-9-11-23)6-3-7-17(18)24(19(20)25)13-14-4-2-5-15(21)12-14;16-11-5-2-6-12-13(11)14(19)15(20)18(12)8-9-3-1-4-10(17)7-9;1-9(2,3)13-8(12)11-6-4-10-5-7-11;;;;/h5-10,15,32H,11-14,16H2,1-4H3;4-9,14H,10-13,15H2,1-3H3;2-7,12,22,26H,8-11,13H2,1H3;1-7H,8H2;10H,4-7H2,1-3H3;1H4;1H3;1H;/q;;;;;;-1;;+1. The fraction of sp³-hybridized carbons (Fsp3) is 0.389. The zero-order valence-electron chi connectivity index (χ0n) is 73.9. The molecule has 0 spiro atoms. The number of Topliss-reactive ketones (excluding diaryl/α,β-unsaturated/α-hetero) is 2. The molecule has 4 N–H and O–H groups in total. The first-order chi connectivity index (χ1) is 58.7. The van der Waals surface area contributed by atoms with Crippen LogP contribution in [0.15, 0.2) is 174 Å². The van der Waals surface area contributed by atoms with Gasteiger partial charge in [-0.2, -0.15) is 0 Å². The largest absolute Gasteiger partial charge is 1.00 e. The van der Waals surface area contributed by atoms with Crippen molar-refractivity contribution >= 4 is 122 Å². The summed E-state index contributed by atoms with van der Waals surface area (Å²) in [6.45, 7) is 30.9. The zero-order valence-corrected chi connectivity index (χ0v) is 76.3. The number of nitrogens with one attached hydrogen (secondary N) is 2. The van der Waals surface area contributed by atoms with E-state index in [0.29, 0.717) is 130 Å². The predicted molar refractivity (Wildman–Crippen MR) is 488 cm³/mol. The number of amides is 7. The van der Waals surface area contributed by atoms with Gasteiger partial charge in [-0.1, -0.05) is 80.2 Å². The van der Waals surface area contributed by atoms with Crippen molar-refractivity contribution in [2.24, 2.45) is 0 Å². The third-order valence-corrected chi connectivity index (χ3v) is 22.2. The maximum atomic E-state index is 13.7. The van der Waals surface area contributed by atoms with E-state index in [-0.39, 0.29) is 120 Å². The van der Waals surface area contributed by atoms with Crippen molar-refractivity contribution in [3.05, 3.63) is 250 Å². The van der Waals surface area contributed by atoms with Crippen molar-refractivity contribution in [1.82, 2.24) is 25.3 Å². The molecule has 8 aromatic rings. The second-order valence-corrected chi connectivity index (χ2v) is 35.3. The first-order valence-electron chi connectivity index (χ1n) is 41.2. The van der Waals surface area contributed by atoms with E-state index in [1.807, 2.05) is 104 Å². The van der Waals surface area contributed by atoms with Crippen LogP contribution in [0.4, 0.5) is 71.8 Å². The van der Waals surface area contributed by atoms with E-state index in [1.54, 1.807) is 111 Å². The molecule has 8 heterocycles. The molecule has 0 saturated carbocycles.